The van der Waals surface area contributed by atoms with Crippen LogP contribution in [0.4, 0.5) is 0 Å². The Morgan fingerprint density at radius 1 is 1.47 bits per heavy atom. The van der Waals surface area contributed by atoms with Crippen molar-refractivity contribution in [3.8, 4) is 0 Å². The van der Waals surface area contributed by atoms with E-state index < -0.39 is 15.9 Å². The third-order valence-corrected chi connectivity index (χ3v) is 4.45. The van der Waals surface area contributed by atoms with Gasteiger partial charge in [0, 0.05) is 25.4 Å². The molecule has 6 nitrogen and oxygen atoms in total. The molecule has 0 aromatic carbocycles. The highest BCUT2D eigenvalue weighted by Gasteiger charge is 2.31. The number of carbonyl (C=O) groups is 1. The minimum atomic E-state index is -3.10. The van der Waals surface area contributed by atoms with Gasteiger partial charge >= 0.3 is 0 Å². The number of nitrogens with two attached hydrogens (primary N) is 1. The van der Waals surface area contributed by atoms with Crippen LogP contribution in [0.5, 0.6) is 0 Å². The second-order valence-corrected chi connectivity index (χ2v) is 7.48. The first-order valence-corrected chi connectivity index (χ1v) is 8.76. The van der Waals surface area contributed by atoms with Gasteiger partial charge in [-0.2, -0.15) is 0 Å². The first-order chi connectivity index (χ1) is 8.85. The van der Waals surface area contributed by atoms with E-state index in [1.165, 1.54) is 0 Å². The number of hydrogen-bond acceptors (Lipinski definition) is 5. The Morgan fingerprint density at radius 2 is 2.11 bits per heavy atom. The predicted octanol–water partition coefficient (Wildman–Crippen LogP) is -0.488. The Labute approximate surface area is 114 Å². The van der Waals surface area contributed by atoms with Gasteiger partial charge in [-0.15, -0.1) is 0 Å². The maximum atomic E-state index is 12.2. The summed E-state index contributed by atoms with van der Waals surface area (Å²) < 4.78 is 22.2. The van der Waals surface area contributed by atoms with E-state index >= 15 is 0 Å². The van der Waals surface area contributed by atoms with Crippen molar-refractivity contribution >= 4 is 15.7 Å². The van der Waals surface area contributed by atoms with Crippen molar-refractivity contribution in [2.75, 3.05) is 25.2 Å². The molecule has 1 amide bonds. The lowest BCUT2D eigenvalue weighted by atomic mass is 9.90. The summed E-state index contributed by atoms with van der Waals surface area (Å²) in [5.74, 6) is -0.264. The molecule has 0 saturated heterocycles. The molecule has 0 aromatic rings. The lowest BCUT2D eigenvalue weighted by molar-refractivity contribution is -0.136. The van der Waals surface area contributed by atoms with E-state index in [-0.39, 0.29) is 30.7 Å². The zero-order chi connectivity index (χ0) is 14.5. The van der Waals surface area contributed by atoms with Crippen LogP contribution in [0.1, 0.15) is 32.1 Å². The molecular formula is C12H24N2O4S. The highest BCUT2D eigenvalue weighted by atomic mass is 32.2. The molecule has 3 N–H and O–H groups in total. The Hall–Kier alpha value is -0.660. The number of nitrogens with zero attached hydrogens (tertiary/aromatic N) is 1. The number of rotatable bonds is 8. The van der Waals surface area contributed by atoms with Gasteiger partial charge in [-0.05, 0) is 32.1 Å². The fourth-order valence-corrected chi connectivity index (χ4v) is 2.77. The van der Waals surface area contributed by atoms with Gasteiger partial charge in [-0.25, -0.2) is 8.42 Å². The van der Waals surface area contributed by atoms with Crippen molar-refractivity contribution in [3.63, 3.8) is 0 Å². The van der Waals surface area contributed by atoms with Gasteiger partial charge in [0.25, 0.3) is 0 Å². The van der Waals surface area contributed by atoms with Crippen LogP contribution in [0.3, 0.4) is 0 Å². The molecule has 0 aliphatic heterocycles. The second kappa shape index (κ2) is 7.21. The summed E-state index contributed by atoms with van der Waals surface area (Å²) in [7, 11) is -3.10. The molecule has 0 spiro atoms. The first-order valence-electron chi connectivity index (χ1n) is 6.70. The van der Waals surface area contributed by atoms with Crippen molar-refractivity contribution in [3.05, 3.63) is 0 Å². The molecule has 112 valence electrons. The van der Waals surface area contributed by atoms with Gasteiger partial charge in [0.05, 0.1) is 11.8 Å². The fourth-order valence-electron chi connectivity index (χ4n) is 2.09. The largest absolute Gasteiger partial charge is 0.396 e. The van der Waals surface area contributed by atoms with Crippen molar-refractivity contribution in [1.82, 2.24) is 4.90 Å². The molecule has 1 aliphatic carbocycles. The maximum Gasteiger partial charge on any atom is 0.239 e. The van der Waals surface area contributed by atoms with Crippen LogP contribution in [0.25, 0.3) is 0 Å². The van der Waals surface area contributed by atoms with Crippen molar-refractivity contribution in [2.45, 2.75) is 44.2 Å². The van der Waals surface area contributed by atoms with Crippen LogP contribution < -0.4 is 5.73 Å². The van der Waals surface area contributed by atoms with E-state index in [1.807, 2.05) is 0 Å². The second-order valence-electron chi connectivity index (χ2n) is 5.22. The molecule has 1 unspecified atom stereocenters. The molecule has 1 atom stereocenters. The summed E-state index contributed by atoms with van der Waals surface area (Å²) in [6.45, 7) is 0.529. The van der Waals surface area contributed by atoms with Gasteiger partial charge in [0.15, 0.2) is 0 Å². The average molecular weight is 292 g/mol. The predicted molar refractivity (Wildman–Crippen MR) is 73.4 cm³/mol. The number of aliphatic hydroxyl groups excluding tert-OH is 1. The Morgan fingerprint density at radius 3 is 2.53 bits per heavy atom. The summed E-state index contributed by atoms with van der Waals surface area (Å²) >= 11 is 0. The molecule has 0 bridgehead atoms. The molecule has 1 fully saturated rings. The van der Waals surface area contributed by atoms with Crippen LogP contribution in [0.2, 0.25) is 0 Å². The molecule has 1 rings (SSSR count). The van der Waals surface area contributed by atoms with Crippen LogP contribution >= 0.6 is 0 Å². The Balaban J connectivity index is 2.54. The molecule has 19 heavy (non-hydrogen) atoms. The summed E-state index contributed by atoms with van der Waals surface area (Å²) in [6, 6.07) is -0.558. The quantitative estimate of drug-likeness (QED) is 0.629. The van der Waals surface area contributed by atoms with Gasteiger partial charge in [-0.3, -0.25) is 4.79 Å². The van der Waals surface area contributed by atoms with E-state index in [2.05, 4.69) is 0 Å². The average Bonchev–Trinajstić information content (AvgIpc) is 2.27. The highest BCUT2D eigenvalue weighted by Crippen LogP contribution is 2.25. The van der Waals surface area contributed by atoms with E-state index in [0.717, 1.165) is 25.5 Å². The zero-order valence-corrected chi connectivity index (χ0v) is 12.2. The van der Waals surface area contributed by atoms with Gasteiger partial charge in [0.2, 0.25) is 5.91 Å². The standard InChI is InChI=1S/C12H24N2O4S/c1-19(17,18)9-6-11(13)12(16)14(7-3-8-15)10-4-2-5-10/h10-11,15H,2-9,13H2,1H3. The van der Waals surface area contributed by atoms with Crippen LogP contribution in [0, 0.1) is 0 Å². The van der Waals surface area contributed by atoms with E-state index in [9.17, 15) is 13.2 Å². The number of amides is 1. The van der Waals surface area contributed by atoms with E-state index in [4.69, 9.17) is 10.8 Å². The molecule has 0 radical (unpaired) electrons. The smallest absolute Gasteiger partial charge is 0.239 e. The SMILES string of the molecule is CS(=O)(=O)CCC(N)C(=O)N(CCCO)C1CCC1. The van der Waals surface area contributed by atoms with Crippen LogP contribution in [-0.2, 0) is 14.6 Å². The topological polar surface area (TPSA) is 101 Å². The molecule has 7 heteroatoms. The van der Waals surface area contributed by atoms with Gasteiger partial charge in [0.1, 0.15) is 9.84 Å². The number of aliphatic hydroxyl groups is 1. The lowest BCUT2D eigenvalue weighted by Gasteiger charge is -2.39. The highest BCUT2D eigenvalue weighted by molar-refractivity contribution is 7.90. The molecular weight excluding hydrogens is 268 g/mol. The van der Waals surface area contributed by atoms with Crippen LogP contribution in [0.15, 0.2) is 0 Å². The van der Waals surface area contributed by atoms with Crippen molar-refractivity contribution < 1.29 is 18.3 Å². The molecule has 1 aliphatic rings. The molecule has 0 aromatic heterocycles. The third-order valence-electron chi connectivity index (χ3n) is 3.47. The fraction of sp³-hybridized carbons (Fsp3) is 0.917. The summed E-state index contributed by atoms with van der Waals surface area (Å²) in [5.41, 5.74) is 5.80. The number of hydrogen-bond donors (Lipinski definition) is 2. The maximum absolute atomic E-state index is 12.2. The number of carbonyl (C=O) groups excluding carboxylic acids is 1. The minimum Gasteiger partial charge on any atom is -0.396 e. The monoisotopic (exact) mass is 292 g/mol. The Bertz CT molecular complexity index is 393. The minimum absolute atomic E-state index is 0.0368. The summed E-state index contributed by atoms with van der Waals surface area (Å²) in [5, 5.41) is 8.87. The molecule has 1 saturated carbocycles. The zero-order valence-electron chi connectivity index (χ0n) is 11.4. The molecule has 0 heterocycles. The number of sulfone groups is 1. The van der Waals surface area contributed by atoms with Crippen LogP contribution in [-0.4, -0.2) is 61.6 Å². The Kier molecular flexibility index (Phi) is 6.22. The first kappa shape index (κ1) is 16.4. The normalized spacial score (nSPS) is 17.8. The third kappa shape index (κ3) is 5.46. The lowest BCUT2D eigenvalue weighted by Crippen LogP contribution is -2.51. The van der Waals surface area contributed by atoms with Gasteiger partial charge in [-0.1, -0.05) is 0 Å². The van der Waals surface area contributed by atoms with E-state index in [0.29, 0.717) is 13.0 Å². The summed E-state index contributed by atoms with van der Waals surface area (Å²) in [4.78, 5) is 13.9. The van der Waals surface area contributed by atoms with Gasteiger partial charge < -0.3 is 15.7 Å². The van der Waals surface area contributed by atoms with Crippen molar-refractivity contribution in [1.29, 1.82) is 0 Å². The van der Waals surface area contributed by atoms with E-state index in [1.54, 1.807) is 4.90 Å². The summed E-state index contributed by atoms with van der Waals surface area (Å²) in [6.07, 6.45) is 4.86. The van der Waals surface area contributed by atoms with Crippen molar-refractivity contribution in [2.24, 2.45) is 5.73 Å².